The molecule has 0 aliphatic carbocycles. The first-order valence-electron chi connectivity index (χ1n) is 6.18. The van der Waals surface area contributed by atoms with Gasteiger partial charge in [0.15, 0.2) is 6.10 Å². The van der Waals surface area contributed by atoms with Crippen molar-refractivity contribution in [3.63, 3.8) is 0 Å². The second-order valence-electron chi connectivity index (χ2n) is 4.47. The highest BCUT2D eigenvalue weighted by molar-refractivity contribution is 5.82. The van der Waals surface area contributed by atoms with E-state index < -0.39 is 12.3 Å². The lowest BCUT2D eigenvalue weighted by Crippen LogP contribution is -2.31. The number of hydrogen-bond acceptors (Lipinski definition) is 3. The highest BCUT2D eigenvalue weighted by Gasteiger charge is 2.38. The number of fused-ring (bicyclic) bond motifs is 1. The van der Waals surface area contributed by atoms with Gasteiger partial charge in [0, 0.05) is 18.0 Å². The minimum atomic E-state index is -4.41. The maximum atomic E-state index is 12.5. The molecule has 1 heterocycles. The molecule has 20 heavy (non-hydrogen) atoms. The number of alkyl halides is 3. The summed E-state index contributed by atoms with van der Waals surface area (Å²) in [5.41, 5.74) is 1.46. The van der Waals surface area contributed by atoms with E-state index in [0.29, 0.717) is 12.1 Å². The minimum Gasteiger partial charge on any atom is -0.465 e. The molecule has 0 fully saturated rings. The van der Waals surface area contributed by atoms with Crippen molar-refractivity contribution < 1.29 is 17.9 Å². The van der Waals surface area contributed by atoms with Gasteiger partial charge in [-0.15, -0.1) is 0 Å². The number of nitrogens with one attached hydrogen (secondary N) is 1. The smallest absolute Gasteiger partial charge is 0.425 e. The van der Waals surface area contributed by atoms with Gasteiger partial charge in [-0.05, 0) is 25.6 Å². The second-order valence-corrected chi connectivity index (χ2v) is 4.47. The molecule has 0 bridgehead atoms. The molecule has 1 N–H and O–H groups in total. The predicted molar refractivity (Wildman–Crippen MR) is 70.7 cm³/mol. The molecule has 0 saturated carbocycles. The van der Waals surface area contributed by atoms with E-state index >= 15 is 0 Å². The Bertz CT molecular complexity index is 598. The standard InChI is InChI=1S/C14H15F3N2O/c1-9(14(15,16)17)20-13-7-10(8-18-2)11-5-3-4-6-12(11)19-13/h3-7,9,18H,8H2,1-2H3. The number of benzene rings is 1. The molecule has 0 spiro atoms. The molecule has 2 rings (SSSR count). The van der Waals surface area contributed by atoms with Crippen LogP contribution >= 0.6 is 0 Å². The van der Waals surface area contributed by atoms with Crippen LogP contribution in [0.5, 0.6) is 5.88 Å². The minimum absolute atomic E-state index is 0.0150. The van der Waals surface area contributed by atoms with Crippen LogP contribution in [0.1, 0.15) is 12.5 Å². The Labute approximate surface area is 114 Å². The van der Waals surface area contributed by atoms with Crippen molar-refractivity contribution in [3.8, 4) is 5.88 Å². The van der Waals surface area contributed by atoms with E-state index in [1.807, 2.05) is 12.1 Å². The Morgan fingerprint density at radius 2 is 2.00 bits per heavy atom. The van der Waals surface area contributed by atoms with Crippen molar-refractivity contribution in [2.45, 2.75) is 25.7 Å². The molecule has 2 aromatic rings. The van der Waals surface area contributed by atoms with E-state index in [1.165, 1.54) is 0 Å². The number of hydrogen-bond donors (Lipinski definition) is 1. The van der Waals surface area contributed by atoms with E-state index in [0.717, 1.165) is 17.9 Å². The summed E-state index contributed by atoms with van der Waals surface area (Å²) < 4.78 is 42.5. The summed E-state index contributed by atoms with van der Waals surface area (Å²) in [6, 6.07) is 8.82. The molecule has 0 amide bonds. The average molecular weight is 284 g/mol. The number of halogens is 3. The normalized spacial score (nSPS) is 13.4. The van der Waals surface area contributed by atoms with Crippen LogP contribution in [0.25, 0.3) is 10.9 Å². The fourth-order valence-corrected chi connectivity index (χ4v) is 1.87. The molecule has 0 saturated heterocycles. The van der Waals surface area contributed by atoms with E-state index in [2.05, 4.69) is 10.3 Å². The van der Waals surface area contributed by atoms with Crippen LogP contribution in [0.3, 0.4) is 0 Å². The zero-order valence-corrected chi connectivity index (χ0v) is 11.2. The lowest BCUT2D eigenvalue weighted by atomic mass is 10.1. The molecule has 0 radical (unpaired) electrons. The molecule has 6 heteroatoms. The first-order valence-corrected chi connectivity index (χ1v) is 6.18. The molecule has 0 aliphatic heterocycles. The molecule has 108 valence electrons. The third-order valence-corrected chi connectivity index (χ3v) is 2.90. The maximum Gasteiger partial charge on any atom is 0.425 e. The largest absolute Gasteiger partial charge is 0.465 e. The molecule has 1 aromatic heterocycles. The zero-order valence-electron chi connectivity index (χ0n) is 11.2. The van der Waals surface area contributed by atoms with Gasteiger partial charge in [-0.3, -0.25) is 0 Å². The van der Waals surface area contributed by atoms with Crippen LogP contribution in [0.2, 0.25) is 0 Å². The third-order valence-electron chi connectivity index (χ3n) is 2.90. The van der Waals surface area contributed by atoms with Crippen LogP contribution in [-0.2, 0) is 6.54 Å². The lowest BCUT2D eigenvalue weighted by Gasteiger charge is -2.18. The Balaban J connectivity index is 2.39. The van der Waals surface area contributed by atoms with Crippen molar-refractivity contribution >= 4 is 10.9 Å². The number of nitrogens with zero attached hydrogens (tertiary/aromatic N) is 1. The molecular formula is C14H15F3N2O. The lowest BCUT2D eigenvalue weighted by molar-refractivity contribution is -0.189. The Morgan fingerprint density at radius 3 is 2.65 bits per heavy atom. The molecule has 1 unspecified atom stereocenters. The first-order chi connectivity index (χ1) is 9.41. The number of pyridine rings is 1. The monoisotopic (exact) mass is 284 g/mol. The maximum absolute atomic E-state index is 12.5. The summed E-state index contributed by atoms with van der Waals surface area (Å²) in [6.07, 6.45) is -6.30. The van der Waals surface area contributed by atoms with Gasteiger partial charge in [0.25, 0.3) is 0 Å². The zero-order chi connectivity index (χ0) is 14.8. The van der Waals surface area contributed by atoms with Crippen LogP contribution in [-0.4, -0.2) is 24.3 Å². The molecule has 1 aromatic carbocycles. The van der Waals surface area contributed by atoms with E-state index in [-0.39, 0.29) is 5.88 Å². The highest BCUT2D eigenvalue weighted by Crippen LogP contribution is 2.27. The number of rotatable bonds is 4. The van der Waals surface area contributed by atoms with Gasteiger partial charge in [-0.25, -0.2) is 4.98 Å². The van der Waals surface area contributed by atoms with Gasteiger partial charge >= 0.3 is 6.18 Å². The Morgan fingerprint density at radius 1 is 1.30 bits per heavy atom. The fourth-order valence-electron chi connectivity index (χ4n) is 1.87. The second kappa shape index (κ2) is 5.66. The summed E-state index contributed by atoms with van der Waals surface area (Å²) in [5, 5.41) is 3.88. The van der Waals surface area contributed by atoms with E-state index in [9.17, 15) is 13.2 Å². The average Bonchev–Trinajstić information content (AvgIpc) is 2.38. The van der Waals surface area contributed by atoms with Crippen molar-refractivity contribution in [3.05, 3.63) is 35.9 Å². The van der Waals surface area contributed by atoms with Gasteiger partial charge in [0.05, 0.1) is 5.52 Å². The summed E-state index contributed by atoms with van der Waals surface area (Å²) in [5.74, 6) is -0.0150. The van der Waals surface area contributed by atoms with Crippen molar-refractivity contribution in [1.82, 2.24) is 10.3 Å². The van der Waals surface area contributed by atoms with Gasteiger partial charge in [-0.1, -0.05) is 18.2 Å². The summed E-state index contributed by atoms with van der Waals surface area (Å²) in [4.78, 5) is 4.12. The summed E-state index contributed by atoms with van der Waals surface area (Å²) in [6.45, 7) is 1.49. The topological polar surface area (TPSA) is 34.1 Å². The molecule has 0 aliphatic rings. The Kier molecular flexibility index (Phi) is 4.13. The van der Waals surface area contributed by atoms with Gasteiger partial charge in [-0.2, -0.15) is 13.2 Å². The van der Waals surface area contributed by atoms with Crippen LogP contribution in [0.4, 0.5) is 13.2 Å². The summed E-state index contributed by atoms with van der Waals surface area (Å²) >= 11 is 0. The van der Waals surface area contributed by atoms with Gasteiger partial charge < -0.3 is 10.1 Å². The van der Waals surface area contributed by atoms with Crippen molar-refractivity contribution in [2.24, 2.45) is 0 Å². The predicted octanol–water partition coefficient (Wildman–Crippen LogP) is 3.28. The third kappa shape index (κ3) is 3.19. The van der Waals surface area contributed by atoms with E-state index in [1.54, 1.807) is 25.2 Å². The fraction of sp³-hybridized carbons (Fsp3) is 0.357. The van der Waals surface area contributed by atoms with E-state index in [4.69, 9.17) is 4.74 Å². The number of para-hydroxylation sites is 1. The van der Waals surface area contributed by atoms with Crippen LogP contribution in [0.15, 0.2) is 30.3 Å². The van der Waals surface area contributed by atoms with Crippen molar-refractivity contribution in [2.75, 3.05) is 7.05 Å². The molecule has 1 atom stereocenters. The first kappa shape index (κ1) is 14.6. The molecular weight excluding hydrogens is 269 g/mol. The quantitative estimate of drug-likeness (QED) is 0.935. The van der Waals surface area contributed by atoms with Crippen LogP contribution in [0, 0.1) is 0 Å². The highest BCUT2D eigenvalue weighted by atomic mass is 19.4. The molecule has 3 nitrogen and oxygen atoms in total. The summed E-state index contributed by atoms with van der Waals surface area (Å²) in [7, 11) is 1.77. The van der Waals surface area contributed by atoms with Crippen molar-refractivity contribution in [1.29, 1.82) is 0 Å². The number of ether oxygens (including phenoxy) is 1. The van der Waals surface area contributed by atoms with Gasteiger partial charge in [0.1, 0.15) is 0 Å². The SMILES string of the molecule is CNCc1cc(OC(C)C(F)(F)F)nc2ccccc12. The van der Waals surface area contributed by atoms with Gasteiger partial charge in [0.2, 0.25) is 5.88 Å². The van der Waals surface area contributed by atoms with Crippen LogP contribution < -0.4 is 10.1 Å². The Hall–Kier alpha value is -1.82. The number of aromatic nitrogens is 1.